The minimum atomic E-state index is -0.595. The molecule has 0 aromatic heterocycles. The van der Waals surface area contributed by atoms with Gasteiger partial charge in [-0.05, 0) is 54.4 Å². The summed E-state index contributed by atoms with van der Waals surface area (Å²) >= 11 is 6.24. The Morgan fingerprint density at radius 3 is 2.27 bits per heavy atom. The molecule has 4 rings (SSSR count). The Balaban J connectivity index is 1.86. The van der Waals surface area contributed by atoms with Crippen molar-refractivity contribution in [2.24, 2.45) is 0 Å². The Morgan fingerprint density at radius 1 is 0.909 bits per heavy atom. The number of halogens is 2. The zero-order valence-corrected chi connectivity index (χ0v) is 18.9. The zero-order chi connectivity index (χ0) is 23.7. The highest BCUT2D eigenvalue weighted by Gasteiger charge is 2.41. The van der Waals surface area contributed by atoms with E-state index < -0.39 is 17.6 Å². The molecule has 33 heavy (non-hydrogen) atoms. The van der Waals surface area contributed by atoms with Gasteiger partial charge in [-0.1, -0.05) is 29.8 Å². The lowest BCUT2D eigenvalue weighted by atomic mass is 10.0. The van der Waals surface area contributed by atoms with Crippen molar-refractivity contribution >= 4 is 40.4 Å². The van der Waals surface area contributed by atoms with E-state index in [1.54, 1.807) is 36.4 Å². The van der Waals surface area contributed by atoms with Crippen molar-refractivity contribution in [2.75, 3.05) is 24.4 Å². The number of carbonyl (C=O) groups excluding carboxylic acids is 2. The van der Waals surface area contributed by atoms with E-state index in [0.29, 0.717) is 27.8 Å². The molecule has 0 unspecified atom stereocenters. The number of rotatable bonds is 6. The van der Waals surface area contributed by atoms with Crippen LogP contribution in [0.15, 0.2) is 66.4 Å². The number of carbonyl (C=O) groups is 2. The lowest BCUT2D eigenvalue weighted by Gasteiger charge is -2.19. The fourth-order valence-corrected chi connectivity index (χ4v) is 3.72. The van der Waals surface area contributed by atoms with Crippen molar-refractivity contribution in [3.63, 3.8) is 0 Å². The number of ether oxygens (including phenoxy) is 2. The number of hydrogen-bond acceptors (Lipinski definition) is 5. The maximum absolute atomic E-state index is 13.6. The summed E-state index contributed by atoms with van der Waals surface area (Å²) in [7, 11) is 2.92. The third-order valence-electron chi connectivity index (χ3n) is 5.28. The Labute approximate surface area is 195 Å². The van der Waals surface area contributed by atoms with Crippen LogP contribution < -0.4 is 19.7 Å². The van der Waals surface area contributed by atoms with Gasteiger partial charge in [0.25, 0.3) is 11.8 Å². The number of nitrogens with zero attached hydrogens (tertiary/aromatic N) is 1. The molecule has 1 aliphatic heterocycles. The molecule has 3 aromatic carbocycles. The molecule has 0 bridgehead atoms. The molecule has 0 spiro atoms. The van der Waals surface area contributed by atoms with E-state index in [4.69, 9.17) is 21.1 Å². The maximum atomic E-state index is 13.6. The Hall–Kier alpha value is -3.84. The van der Waals surface area contributed by atoms with E-state index in [-0.39, 0.29) is 17.0 Å². The normalized spacial score (nSPS) is 13.5. The van der Waals surface area contributed by atoms with E-state index in [2.05, 4.69) is 5.32 Å². The molecule has 2 amide bonds. The van der Waals surface area contributed by atoms with Crippen molar-refractivity contribution in [1.82, 2.24) is 0 Å². The first-order chi connectivity index (χ1) is 15.8. The molecule has 6 nitrogen and oxygen atoms in total. The van der Waals surface area contributed by atoms with E-state index in [0.717, 1.165) is 10.5 Å². The zero-order valence-electron chi connectivity index (χ0n) is 18.1. The number of methoxy groups -OCH3 is 2. The largest absolute Gasteiger partial charge is 0.497 e. The number of imide groups is 1. The van der Waals surface area contributed by atoms with Crippen LogP contribution >= 0.6 is 11.6 Å². The summed E-state index contributed by atoms with van der Waals surface area (Å²) in [5.41, 5.74) is 2.15. The van der Waals surface area contributed by atoms with Crippen molar-refractivity contribution in [2.45, 2.75) is 6.92 Å². The van der Waals surface area contributed by atoms with Crippen LogP contribution in [-0.4, -0.2) is 26.0 Å². The fraction of sp³-hybridized carbons (Fsp3) is 0.120. The molecule has 0 aliphatic carbocycles. The smallest absolute Gasteiger partial charge is 0.282 e. The van der Waals surface area contributed by atoms with Crippen LogP contribution in [-0.2, 0) is 9.59 Å². The molecule has 1 N–H and O–H groups in total. The molecule has 0 saturated carbocycles. The van der Waals surface area contributed by atoms with Crippen LogP contribution in [0.25, 0.3) is 5.57 Å². The van der Waals surface area contributed by atoms with Crippen molar-refractivity contribution < 1.29 is 23.5 Å². The maximum Gasteiger partial charge on any atom is 0.282 e. The minimum absolute atomic E-state index is 0.0383. The molecule has 3 aromatic rings. The average Bonchev–Trinajstić information content (AvgIpc) is 3.05. The van der Waals surface area contributed by atoms with Crippen LogP contribution in [0.3, 0.4) is 0 Å². The van der Waals surface area contributed by atoms with Crippen LogP contribution in [0.1, 0.15) is 11.1 Å². The van der Waals surface area contributed by atoms with Crippen molar-refractivity contribution in [3.8, 4) is 11.5 Å². The highest BCUT2D eigenvalue weighted by molar-refractivity contribution is 6.46. The van der Waals surface area contributed by atoms with Gasteiger partial charge in [-0.15, -0.1) is 0 Å². The lowest BCUT2D eigenvalue weighted by molar-refractivity contribution is -0.120. The number of aryl methyl sites for hydroxylation is 1. The van der Waals surface area contributed by atoms with Gasteiger partial charge in [0.1, 0.15) is 23.0 Å². The van der Waals surface area contributed by atoms with Gasteiger partial charge in [0.2, 0.25) is 0 Å². The fourth-order valence-electron chi connectivity index (χ4n) is 3.54. The second kappa shape index (κ2) is 8.96. The third-order valence-corrected chi connectivity index (χ3v) is 5.69. The highest BCUT2D eigenvalue weighted by atomic mass is 35.5. The monoisotopic (exact) mass is 466 g/mol. The molecule has 0 saturated heterocycles. The quantitative estimate of drug-likeness (QED) is 0.506. The first kappa shape index (κ1) is 22.4. The standard InChI is InChI=1S/C25H20ClFN2O4/c1-14-4-9-17(12-19(14)26)28-23-22(15-5-7-16(27)8-6-15)24(30)29(25(23)31)20-13-18(32-2)10-11-21(20)33-3/h4-13,28H,1-3H3. The van der Waals surface area contributed by atoms with Gasteiger partial charge >= 0.3 is 0 Å². The van der Waals surface area contributed by atoms with Crippen LogP contribution in [0.2, 0.25) is 5.02 Å². The predicted octanol–water partition coefficient (Wildman–Crippen LogP) is 5.20. The second-order valence-corrected chi connectivity index (χ2v) is 7.74. The molecular weight excluding hydrogens is 447 g/mol. The average molecular weight is 467 g/mol. The molecular formula is C25H20ClFN2O4. The molecule has 1 heterocycles. The van der Waals surface area contributed by atoms with Crippen LogP contribution in [0.5, 0.6) is 11.5 Å². The minimum Gasteiger partial charge on any atom is -0.497 e. The van der Waals surface area contributed by atoms with Crippen molar-refractivity contribution in [1.29, 1.82) is 0 Å². The Bertz CT molecular complexity index is 1290. The third kappa shape index (κ3) is 4.15. The summed E-state index contributed by atoms with van der Waals surface area (Å²) in [5.74, 6) is -0.874. The summed E-state index contributed by atoms with van der Waals surface area (Å²) in [6, 6.07) is 15.4. The summed E-state index contributed by atoms with van der Waals surface area (Å²) in [6.07, 6.45) is 0. The van der Waals surface area contributed by atoms with Gasteiger partial charge in [-0.3, -0.25) is 9.59 Å². The Kier molecular flexibility index (Phi) is 6.07. The lowest BCUT2D eigenvalue weighted by Crippen LogP contribution is -2.32. The summed E-state index contributed by atoms with van der Waals surface area (Å²) in [4.78, 5) is 28.2. The summed E-state index contributed by atoms with van der Waals surface area (Å²) in [5, 5.41) is 3.54. The first-order valence-corrected chi connectivity index (χ1v) is 10.4. The molecule has 168 valence electrons. The van der Waals surface area contributed by atoms with Crippen LogP contribution in [0.4, 0.5) is 15.8 Å². The molecule has 8 heteroatoms. The molecule has 0 fully saturated rings. The summed E-state index contributed by atoms with van der Waals surface area (Å²) < 4.78 is 24.2. The van der Waals surface area contributed by atoms with E-state index >= 15 is 0 Å². The predicted molar refractivity (Wildman–Crippen MR) is 125 cm³/mol. The van der Waals surface area contributed by atoms with Gasteiger partial charge in [0, 0.05) is 16.8 Å². The van der Waals surface area contributed by atoms with Crippen molar-refractivity contribution in [3.05, 3.63) is 88.3 Å². The van der Waals surface area contributed by atoms with Crippen LogP contribution in [0, 0.1) is 12.7 Å². The van der Waals surface area contributed by atoms with Gasteiger partial charge in [-0.25, -0.2) is 9.29 Å². The first-order valence-electron chi connectivity index (χ1n) is 9.98. The number of benzene rings is 3. The summed E-state index contributed by atoms with van der Waals surface area (Å²) in [6.45, 7) is 1.86. The molecule has 0 radical (unpaired) electrons. The topological polar surface area (TPSA) is 67.9 Å². The van der Waals surface area contributed by atoms with E-state index in [9.17, 15) is 14.0 Å². The Morgan fingerprint density at radius 2 is 1.64 bits per heavy atom. The number of hydrogen-bond donors (Lipinski definition) is 1. The van der Waals surface area contributed by atoms with E-state index in [1.807, 2.05) is 6.92 Å². The second-order valence-electron chi connectivity index (χ2n) is 7.33. The number of anilines is 2. The van der Waals surface area contributed by atoms with Gasteiger partial charge in [-0.2, -0.15) is 0 Å². The highest BCUT2D eigenvalue weighted by Crippen LogP contribution is 2.39. The SMILES string of the molecule is COc1ccc(OC)c(N2C(=O)C(Nc3ccc(C)c(Cl)c3)=C(c3ccc(F)cc3)C2=O)c1. The van der Waals surface area contributed by atoms with Gasteiger partial charge in [0.15, 0.2) is 0 Å². The molecule has 0 atom stereocenters. The number of amides is 2. The van der Waals surface area contributed by atoms with E-state index in [1.165, 1.54) is 38.5 Å². The van der Waals surface area contributed by atoms with Gasteiger partial charge in [0.05, 0.1) is 25.5 Å². The van der Waals surface area contributed by atoms with Gasteiger partial charge < -0.3 is 14.8 Å². The molecule has 1 aliphatic rings. The number of nitrogens with one attached hydrogen (secondary N) is 1.